The summed E-state index contributed by atoms with van der Waals surface area (Å²) in [4.78, 5) is 25.2. The predicted octanol–water partition coefficient (Wildman–Crippen LogP) is 1.74. The van der Waals surface area contributed by atoms with E-state index in [0.717, 1.165) is 25.7 Å². The lowest BCUT2D eigenvalue weighted by molar-refractivity contribution is -0.156. The third-order valence-corrected chi connectivity index (χ3v) is 4.19. The normalized spacial score (nSPS) is 31.1. The predicted molar refractivity (Wildman–Crippen MR) is 63.4 cm³/mol. The van der Waals surface area contributed by atoms with E-state index >= 15 is 0 Å². The second kappa shape index (κ2) is 4.67. The topological polar surface area (TPSA) is 57.6 Å². The van der Waals surface area contributed by atoms with Crippen molar-refractivity contribution < 1.29 is 14.7 Å². The Morgan fingerprint density at radius 2 is 1.94 bits per heavy atom. The molecule has 2 aliphatic rings. The van der Waals surface area contributed by atoms with Gasteiger partial charge in [0, 0.05) is 12.5 Å². The summed E-state index contributed by atoms with van der Waals surface area (Å²) < 4.78 is 0. The summed E-state index contributed by atoms with van der Waals surface area (Å²) in [5.41, 5.74) is 0. The summed E-state index contributed by atoms with van der Waals surface area (Å²) >= 11 is 0. The molecule has 3 atom stereocenters. The molecule has 1 aliphatic carbocycles. The van der Waals surface area contributed by atoms with Crippen LogP contribution in [0.1, 0.15) is 39.5 Å². The minimum absolute atomic E-state index is 0.00199. The van der Waals surface area contributed by atoms with E-state index in [4.69, 9.17) is 0 Å². The van der Waals surface area contributed by atoms with Gasteiger partial charge in [0.2, 0.25) is 5.91 Å². The van der Waals surface area contributed by atoms with Crippen LogP contribution in [0.15, 0.2) is 0 Å². The average molecular weight is 239 g/mol. The molecule has 0 spiro atoms. The number of carboxylic acid groups (broad SMARTS) is 1. The highest BCUT2D eigenvalue weighted by Crippen LogP contribution is 2.38. The minimum atomic E-state index is -0.853. The highest BCUT2D eigenvalue weighted by atomic mass is 16.4. The summed E-state index contributed by atoms with van der Waals surface area (Å²) in [7, 11) is 0. The van der Waals surface area contributed by atoms with Gasteiger partial charge < -0.3 is 10.0 Å². The lowest BCUT2D eigenvalue weighted by atomic mass is 9.89. The molecule has 1 saturated carbocycles. The molecule has 3 unspecified atom stereocenters. The molecule has 4 heteroatoms. The fourth-order valence-electron chi connectivity index (χ4n) is 2.87. The Bertz CT molecular complexity index is 325. The second-order valence-electron chi connectivity index (χ2n) is 5.56. The van der Waals surface area contributed by atoms with Crippen LogP contribution in [0.4, 0.5) is 0 Å². The van der Waals surface area contributed by atoms with Gasteiger partial charge >= 0.3 is 5.97 Å². The van der Waals surface area contributed by atoms with Crippen molar-refractivity contribution >= 4 is 11.9 Å². The van der Waals surface area contributed by atoms with Crippen molar-refractivity contribution in [2.45, 2.75) is 45.6 Å². The van der Waals surface area contributed by atoms with Crippen LogP contribution < -0.4 is 0 Å². The summed E-state index contributed by atoms with van der Waals surface area (Å²) in [6, 6.07) is -0.613. The summed E-state index contributed by atoms with van der Waals surface area (Å²) in [5, 5.41) is 9.27. The zero-order valence-corrected chi connectivity index (χ0v) is 10.6. The maximum Gasteiger partial charge on any atom is 0.326 e. The number of hydrogen-bond acceptors (Lipinski definition) is 2. The van der Waals surface area contributed by atoms with Crippen LogP contribution in [-0.2, 0) is 9.59 Å². The molecule has 1 aliphatic heterocycles. The van der Waals surface area contributed by atoms with E-state index in [-0.39, 0.29) is 17.7 Å². The standard InChI is InChI=1S/C13H21NO3/c1-8-4-3-7-14(11(8)13(16)17)12(15)9(2)10-5-6-10/h8-11H,3-7H2,1-2H3,(H,16,17). The van der Waals surface area contributed by atoms with Crippen LogP contribution >= 0.6 is 0 Å². The molecular formula is C13H21NO3. The van der Waals surface area contributed by atoms with Crippen molar-refractivity contribution in [2.24, 2.45) is 17.8 Å². The molecule has 1 heterocycles. The summed E-state index contributed by atoms with van der Waals surface area (Å²) in [6.07, 6.45) is 4.06. The second-order valence-corrected chi connectivity index (χ2v) is 5.56. The van der Waals surface area contributed by atoms with Crippen LogP contribution in [0.5, 0.6) is 0 Å². The lowest BCUT2D eigenvalue weighted by Crippen LogP contribution is -2.53. The summed E-state index contributed by atoms with van der Waals surface area (Å²) in [6.45, 7) is 4.48. The van der Waals surface area contributed by atoms with Crippen LogP contribution in [0.3, 0.4) is 0 Å². The first-order chi connectivity index (χ1) is 8.02. The first kappa shape index (κ1) is 12.4. The van der Waals surface area contributed by atoms with E-state index < -0.39 is 12.0 Å². The Morgan fingerprint density at radius 3 is 2.47 bits per heavy atom. The Morgan fingerprint density at radius 1 is 1.29 bits per heavy atom. The fraction of sp³-hybridized carbons (Fsp3) is 0.846. The third kappa shape index (κ3) is 2.45. The molecule has 0 aromatic rings. The SMILES string of the molecule is CC1CCCN(C(=O)C(C)C2CC2)C1C(=O)O. The van der Waals surface area contributed by atoms with Crippen molar-refractivity contribution in [3.63, 3.8) is 0 Å². The van der Waals surface area contributed by atoms with Crippen molar-refractivity contribution in [1.82, 2.24) is 4.90 Å². The number of aliphatic carboxylic acids is 1. The molecule has 2 rings (SSSR count). The molecular weight excluding hydrogens is 218 g/mol. The molecule has 1 N–H and O–H groups in total. The van der Waals surface area contributed by atoms with Crippen molar-refractivity contribution in [3.8, 4) is 0 Å². The van der Waals surface area contributed by atoms with Gasteiger partial charge in [-0.2, -0.15) is 0 Å². The van der Waals surface area contributed by atoms with E-state index in [0.29, 0.717) is 12.5 Å². The van der Waals surface area contributed by atoms with Crippen LogP contribution in [0.25, 0.3) is 0 Å². The zero-order valence-electron chi connectivity index (χ0n) is 10.6. The van der Waals surface area contributed by atoms with Gasteiger partial charge in [-0.1, -0.05) is 13.8 Å². The molecule has 0 aromatic heterocycles. The fourth-order valence-corrected chi connectivity index (χ4v) is 2.87. The van der Waals surface area contributed by atoms with Crippen LogP contribution in [0, 0.1) is 17.8 Å². The largest absolute Gasteiger partial charge is 0.480 e. The van der Waals surface area contributed by atoms with E-state index in [9.17, 15) is 14.7 Å². The number of carbonyl (C=O) groups excluding carboxylic acids is 1. The Hall–Kier alpha value is -1.06. The van der Waals surface area contributed by atoms with E-state index in [1.165, 1.54) is 0 Å². The number of carboxylic acids is 1. The van der Waals surface area contributed by atoms with E-state index in [1.54, 1.807) is 4.90 Å². The van der Waals surface area contributed by atoms with E-state index in [1.807, 2.05) is 13.8 Å². The van der Waals surface area contributed by atoms with Gasteiger partial charge in [0.25, 0.3) is 0 Å². The summed E-state index contributed by atoms with van der Waals surface area (Å²) in [5.74, 6) is -0.243. The zero-order chi connectivity index (χ0) is 12.6. The molecule has 2 fully saturated rings. The molecule has 1 amide bonds. The molecule has 1 saturated heterocycles. The first-order valence-corrected chi connectivity index (χ1v) is 6.55. The molecule has 4 nitrogen and oxygen atoms in total. The third-order valence-electron chi connectivity index (χ3n) is 4.19. The molecule has 0 aromatic carbocycles. The van der Waals surface area contributed by atoms with Crippen molar-refractivity contribution in [3.05, 3.63) is 0 Å². The minimum Gasteiger partial charge on any atom is -0.480 e. The highest BCUT2D eigenvalue weighted by Gasteiger charge is 2.41. The van der Waals surface area contributed by atoms with E-state index in [2.05, 4.69) is 0 Å². The van der Waals surface area contributed by atoms with Gasteiger partial charge in [-0.25, -0.2) is 4.79 Å². The first-order valence-electron chi connectivity index (χ1n) is 6.55. The maximum absolute atomic E-state index is 12.3. The number of carbonyl (C=O) groups is 2. The number of hydrogen-bond donors (Lipinski definition) is 1. The Labute approximate surface area is 102 Å². The molecule has 17 heavy (non-hydrogen) atoms. The highest BCUT2D eigenvalue weighted by molar-refractivity contribution is 5.85. The lowest BCUT2D eigenvalue weighted by Gasteiger charge is -2.38. The monoisotopic (exact) mass is 239 g/mol. The van der Waals surface area contributed by atoms with Crippen molar-refractivity contribution in [2.75, 3.05) is 6.54 Å². The van der Waals surface area contributed by atoms with Gasteiger partial charge in [-0.3, -0.25) is 4.79 Å². The van der Waals surface area contributed by atoms with Gasteiger partial charge in [0.05, 0.1) is 0 Å². The van der Waals surface area contributed by atoms with Crippen LogP contribution in [-0.4, -0.2) is 34.5 Å². The van der Waals surface area contributed by atoms with Crippen LogP contribution in [0.2, 0.25) is 0 Å². The average Bonchev–Trinajstić information content (AvgIpc) is 3.10. The van der Waals surface area contributed by atoms with Gasteiger partial charge in [-0.05, 0) is 37.5 Å². The van der Waals surface area contributed by atoms with Gasteiger partial charge in [0.1, 0.15) is 6.04 Å². The smallest absolute Gasteiger partial charge is 0.326 e. The molecule has 0 radical (unpaired) electrons. The maximum atomic E-state index is 12.3. The number of nitrogens with zero attached hydrogens (tertiary/aromatic N) is 1. The number of amides is 1. The molecule has 96 valence electrons. The Balaban J connectivity index is 2.10. The number of likely N-dealkylation sites (tertiary alicyclic amines) is 1. The quantitative estimate of drug-likeness (QED) is 0.816. The number of rotatable bonds is 3. The van der Waals surface area contributed by atoms with Gasteiger partial charge in [0.15, 0.2) is 0 Å². The van der Waals surface area contributed by atoms with Crippen molar-refractivity contribution in [1.29, 1.82) is 0 Å². The number of piperidine rings is 1. The molecule has 0 bridgehead atoms. The Kier molecular flexibility index (Phi) is 3.40. The van der Waals surface area contributed by atoms with Gasteiger partial charge in [-0.15, -0.1) is 0 Å².